The van der Waals surface area contributed by atoms with E-state index in [2.05, 4.69) is 9.88 Å². The molecule has 1 aliphatic heterocycles. The van der Waals surface area contributed by atoms with Gasteiger partial charge >= 0.3 is 6.18 Å². The zero-order valence-electron chi connectivity index (χ0n) is 16.7. The first kappa shape index (κ1) is 21.4. The average Bonchev–Trinajstić information content (AvgIpc) is 3.11. The Kier molecular flexibility index (Phi) is 6.62. The number of carbonyl (C=O) groups excluding carboxylic acids is 1. The molecule has 1 saturated heterocycles. The van der Waals surface area contributed by atoms with Gasteiger partial charge in [-0.1, -0.05) is 18.2 Å². The lowest BCUT2D eigenvalue weighted by molar-refractivity contribution is -0.137. The molecule has 2 aromatic rings. The van der Waals surface area contributed by atoms with Gasteiger partial charge in [0.05, 0.1) is 11.3 Å². The third-order valence-electron chi connectivity index (χ3n) is 5.39. The van der Waals surface area contributed by atoms with E-state index in [9.17, 15) is 18.0 Å². The number of amides is 1. The smallest absolute Gasteiger partial charge is 0.416 e. The van der Waals surface area contributed by atoms with Crippen molar-refractivity contribution in [2.75, 3.05) is 33.2 Å². The molecule has 1 fully saturated rings. The number of aromatic nitrogens is 1. The van der Waals surface area contributed by atoms with E-state index in [1.54, 1.807) is 24.9 Å². The molecule has 1 atom stereocenters. The molecule has 3 rings (SSSR count). The van der Waals surface area contributed by atoms with Crippen LogP contribution in [0.4, 0.5) is 13.2 Å². The van der Waals surface area contributed by atoms with Crippen LogP contribution in [0.5, 0.6) is 0 Å². The summed E-state index contributed by atoms with van der Waals surface area (Å²) < 4.78 is 43.8. The number of hydrogen-bond donors (Lipinski definition) is 0. The van der Waals surface area contributed by atoms with Gasteiger partial charge in [-0.15, -0.1) is 0 Å². The molecule has 1 aliphatic rings. The largest absolute Gasteiger partial charge is 0.438 e. The fraction of sp³-hybridized carbons (Fsp3) is 0.524. The van der Waals surface area contributed by atoms with Crippen molar-refractivity contribution in [1.29, 1.82) is 0 Å². The summed E-state index contributed by atoms with van der Waals surface area (Å²) in [7, 11) is 1.76. The van der Waals surface area contributed by atoms with Crippen LogP contribution in [0.2, 0.25) is 0 Å². The van der Waals surface area contributed by atoms with Crippen LogP contribution in [0, 0.1) is 12.8 Å². The molecule has 0 aliphatic carbocycles. The number of hydrogen-bond acceptors (Lipinski definition) is 4. The van der Waals surface area contributed by atoms with Crippen molar-refractivity contribution < 1.29 is 22.4 Å². The summed E-state index contributed by atoms with van der Waals surface area (Å²) in [6.45, 7) is 4.80. The van der Waals surface area contributed by atoms with Crippen molar-refractivity contribution in [2.45, 2.75) is 32.4 Å². The Morgan fingerprint density at radius 2 is 2.17 bits per heavy atom. The molecular formula is C21H26F3N3O2. The Labute approximate surface area is 168 Å². The number of halogens is 3. The molecule has 2 heterocycles. The Hall–Kier alpha value is -2.35. The van der Waals surface area contributed by atoms with Crippen LogP contribution in [0.25, 0.3) is 0 Å². The fourth-order valence-electron chi connectivity index (χ4n) is 3.84. The lowest BCUT2D eigenvalue weighted by Gasteiger charge is -2.34. The molecule has 158 valence electrons. The predicted molar refractivity (Wildman–Crippen MR) is 103 cm³/mol. The highest BCUT2D eigenvalue weighted by molar-refractivity contribution is 5.92. The topological polar surface area (TPSA) is 49.6 Å². The molecule has 8 heteroatoms. The first-order valence-electron chi connectivity index (χ1n) is 9.78. The lowest BCUT2D eigenvalue weighted by Crippen LogP contribution is -2.42. The molecular weight excluding hydrogens is 383 g/mol. The van der Waals surface area contributed by atoms with Gasteiger partial charge in [0.2, 0.25) is 5.76 Å². The normalized spacial score (nSPS) is 18.0. The Morgan fingerprint density at radius 3 is 2.86 bits per heavy atom. The van der Waals surface area contributed by atoms with E-state index in [4.69, 9.17) is 4.42 Å². The van der Waals surface area contributed by atoms with Crippen LogP contribution in [0.15, 0.2) is 35.1 Å². The lowest BCUT2D eigenvalue weighted by atomic mass is 9.97. The number of benzene rings is 1. The minimum atomic E-state index is -4.31. The number of carbonyl (C=O) groups is 1. The summed E-state index contributed by atoms with van der Waals surface area (Å²) in [5.41, 5.74) is 0.664. The van der Waals surface area contributed by atoms with E-state index < -0.39 is 11.7 Å². The molecule has 5 nitrogen and oxygen atoms in total. The molecule has 0 radical (unpaired) electrons. The summed E-state index contributed by atoms with van der Waals surface area (Å²) in [5, 5.41) is 0. The minimum absolute atomic E-state index is 0.180. The number of aryl methyl sites for hydroxylation is 1. The average molecular weight is 409 g/mol. The first-order chi connectivity index (χ1) is 13.7. The molecule has 1 amide bonds. The van der Waals surface area contributed by atoms with Gasteiger partial charge in [-0.2, -0.15) is 13.2 Å². The zero-order valence-corrected chi connectivity index (χ0v) is 16.7. The highest BCUT2D eigenvalue weighted by atomic mass is 19.4. The molecule has 1 aromatic carbocycles. The minimum Gasteiger partial charge on any atom is -0.438 e. The Balaban J connectivity index is 1.52. The van der Waals surface area contributed by atoms with Crippen LogP contribution in [0.1, 0.15) is 40.2 Å². The van der Waals surface area contributed by atoms with Gasteiger partial charge in [0, 0.05) is 26.7 Å². The maximum Gasteiger partial charge on any atom is 0.416 e. The molecule has 0 spiro atoms. The van der Waals surface area contributed by atoms with Gasteiger partial charge in [0.15, 0.2) is 6.39 Å². The standard InChI is InChI=1S/C21H26F3N3O2/c1-15-19(29-14-25-15)20(28)26(2)12-17-6-4-9-27(13-17)10-8-16-5-3-7-18(11-16)21(22,23)24/h3,5,7,11,14,17H,4,6,8-10,12-13H2,1-2H3. The quantitative estimate of drug-likeness (QED) is 0.723. The van der Waals surface area contributed by atoms with Crippen molar-refractivity contribution >= 4 is 5.91 Å². The van der Waals surface area contributed by atoms with Gasteiger partial charge in [-0.25, -0.2) is 4.98 Å². The summed E-state index contributed by atoms with van der Waals surface area (Å²) in [6.07, 6.45) is -0.440. The van der Waals surface area contributed by atoms with Crippen molar-refractivity contribution in [3.8, 4) is 0 Å². The van der Waals surface area contributed by atoms with Crippen LogP contribution in [-0.4, -0.2) is 53.9 Å². The van der Waals surface area contributed by atoms with Crippen molar-refractivity contribution in [3.05, 3.63) is 53.2 Å². The van der Waals surface area contributed by atoms with E-state index in [0.717, 1.165) is 32.0 Å². The molecule has 0 bridgehead atoms. The summed E-state index contributed by atoms with van der Waals surface area (Å²) in [5.74, 6) is 0.410. The van der Waals surface area contributed by atoms with Crippen LogP contribution >= 0.6 is 0 Å². The van der Waals surface area contributed by atoms with Gasteiger partial charge in [0.1, 0.15) is 0 Å². The second-order valence-corrected chi connectivity index (χ2v) is 7.71. The monoisotopic (exact) mass is 409 g/mol. The number of oxazole rings is 1. The van der Waals surface area contributed by atoms with E-state index in [-0.39, 0.29) is 11.7 Å². The Morgan fingerprint density at radius 1 is 1.38 bits per heavy atom. The molecule has 29 heavy (non-hydrogen) atoms. The van der Waals surface area contributed by atoms with Gasteiger partial charge in [-0.05, 0) is 50.3 Å². The van der Waals surface area contributed by atoms with Gasteiger partial charge in [-0.3, -0.25) is 4.79 Å². The summed E-state index contributed by atoms with van der Waals surface area (Å²) in [4.78, 5) is 20.4. The second-order valence-electron chi connectivity index (χ2n) is 7.71. The van der Waals surface area contributed by atoms with E-state index in [0.29, 0.717) is 36.7 Å². The van der Waals surface area contributed by atoms with Crippen LogP contribution < -0.4 is 0 Å². The van der Waals surface area contributed by atoms with Crippen LogP contribution in [-0.2, 0) is 12.6 Å². The SMILES string of the molecule is Cc1ncoc1C(=O)N(C)CC1CCCN(CCc2cccc(C(F)(F)F)c2)C1. The summed E-state index contributed by atoms with van der Waals surface area (Å²) in [6, 6.07) is 5.53. The van der Waals surface area contributed by atoms with Gasteiger partial charge < -0.3 is 14.2 Å². The maximum absolute atomic E-state index is 12.9. The van der Waals surface area contributed by atoms with E-state index in [1.807, 2.05) is 0 Å². The summed E-state index contributed by atoms with van der Waals surface area (Å²) >= 11 is 0. The number of alkyl halides is 3. The number of rotatable bonds is 6. The molecule has 1 unspecified atom stereocenters. The fourth-order valence-corrected chi connectivity index (χ4v) is 3.84. The molecule has 1 aromatic heterocycles. The predicted octanol–water partition coefficient (Wildman–Crippen LogP) is 4.03. The highest BCUT2D eigenvalue weighted by Gasteiger charge is 2.30. The third-order valence-corrected chi connectivity index (χ3v) is 5.39. The van der Waals surface area contributed by atoms with Crippen molar-refractivity contribution in [2.24, 2.45) is 5.92 Å². The number of likely N-dealkylation sites (tertiary alicyclic amines) is 1. The number of nitrogens with zero attached hydrogens (tertiary/aromatic N) is 3. The molecule has 0 saturated carbocycles. The van der Waals surface area contributed by atoms with E-state index >= 15 is 0 Å². The van der Waals surface area contributed by atoms with Crippen molar-refractivity contribution in [3.63, 3.8) is 0 Å². The second kappa shape index (κ2) is 8.98. The number of piperidine rings is 1. The first-order valence-corrected chi connectivity index (χ1v) is 9.78. The van der Waals surface area contributed by atoms with Crippen molar-refractivity contribution in [1.82, 2.24) is 14.8 Å². The Bertz CT molecular complexity index is 835. The van der Waals surface area contributed by atoms with E-state index in [1.165, 1.54) is 18.5 Å². The van der Waals surface area contributed by atoms with Gasteiger partial charge in [0.25, 0.3) is 5.91 Å². The third kappa shape index (κ3) is 5.59. The highest BCUT2D eigenvalue weighted by Crippen LogP contribution is 2.29. The maximum atomic E-state index is 12.9. The zero-order chi connectivity index (χ0) is 21.0. The molecule has 0 N–H and O–H groups in total. The van der Waals surface area contributed by atoms with Crippen LogP contribution in [0.3, 0.4) is 0 Å².